The summed E-state index contributed by atoms with van der Waals surface area (Å²) in [4.78, 5) is 9.41. The zero-order chi connectivity index (χ0) is 17.2. The first-order chi connectivity index (χ1) is 12.2. The molecule has 0 N–H and O–H groups in total. The summed E-state index contributed by atoms with van der Waals surface area (Å²) < 4.78 is 18.5. The van der Waals surface area contributed by atoms with E-state index in [0.29, 0.717) is 12.0 Å². The molecule has 1 aliphatic carbocycles. The molecular formula is C19H25FN4O. The van der Waals surface area contributed by atoms with Crippen LogP contribution >= 0.6 is 0 Å². The lowest BCUT2D eigenvalue weighted by molar-refractivity contribution is 0.206. The fourth-order valence-electron chi connectivity index (χ4n) is 3.52. The molecule has 2 aromatic rings. The second-order valence-corrected chi connectivity index (χ2v) is 7.22. The van der Waals surface area contributed by atoms with Crippen molar-refractivity contribution in [2.45, 2.75) is 44.7 Å². The minimum atomic E-state index is -0.177. The summed E-state index contributed by atoms with van der Waals surface area (Å²) in [6.45, 7) is 7.03. The van der Waals surface area contributed by atoms with Crippen molar-refractivity contribution in [3.8, 4) is 0 Å². The van der Waals surface area contributed by atoms with Crippen LogP contribution in [-0.2, 0) is 6.54 Å². The number of benzene rings is 1. The number of halogens is 1. The van der Waals surface area contributed by atoms with Crippen molar-refractivity contribution in [1.29, 1.82) is 0 Å². The second-order valence-electron chi connectivity index (χ2n) is 7.22. The lowest BCUT2D eigenvalue weighted by atomic mass is 10.1. The molecule has 0 spiro atoms. The van der Waals surface area contributed by atoms with Gasteiger partial charge in [-0.1, -0.05) is 17.3 Å². The van der Waals surface area contributed by atoms with Crippen molar-refractivity contribution in [2.75, 3.05) is 26.2 Å². The average Bonchev–Trinajstić information content (AvgIpc) is 3.40. The Kier molecular flexibility index (Phi) is 4.81. The predicted molar refractivity (Wildman–Crippen MR) is 92.6 cm³/mol. The fourth-order valence-corrected chi connectivity index (χ4v) is 3.52. The lowest BCUT2D eigenvalue weighted by Crippen LogP contribution is -2.32. The van der Waals surface area contributed by atoms with Crippen LogP contribution in [0.15, 0.2) is 28.8 Å². The minimum Gasteiger partial charge on any atom is -0.339 e. The molecule has 2 aliphatic rings. The van der Waals surface area contributed by atoms with Gasteiger partial charge in [0, 0.05) is 31.6 Å². The third kappa shape index (κ3) is 4.07. The highest BCUT2D eigenvalue weighted by molar-refractivity contribution is 5.19. The highest BCUT2D eigenvalue weighted by Gasteiger charge is 2.30. The molecule has 1 aromatic carbocycles. The third-order valence-corrected chi connectivity index (χ3v) is 5.30. The van der Waals surface area contributed by atoms with Gasteiger partial charge in [-0.2, -0.15) is 4.98 Å². The van der Waals surface area contributed by atoms with Gasteiger partial charge in [-0.3, -0.25) is 9.80 Å². The van der Waals surface area contributed by atoms with Crippen molar-refractivity contribution in [2.24, 2.45) is 0 Å². The largest absolute Gasteiger partial charge is 0.339 e. The maximum atomic E-state index is 13.1. The van der Waals surface area contributed by atoms with Crippen LogP contribution in [0.4, 0.5) is 4.39 Å². The van der Waals surface area contributed by atoms with E-state index in [1.54, 1.807) is 12.1 Å². The molecule has 0 amide bonds. The molecule has 4 rings (SSSR count). The van der Waals surface area contributed by atoms with Crippen molar-refractivity contribution in [1.82, 2.24) is 19.9 Å². The molecule has 0 unspecified atom stereocenters. The van der Waals surface area contributed by atoms with E-state index in [0.717, 1.165) is 50.9 Å². The molecule has 1 atom stereocenters. The van der Waals surface area contributed by atoms with E-state index >= 15 is 0 Å². The van der Waals surface area contributed by atoms with Crippen LogP contribution in [0.25, 0.3) is 0 Å². The number of hydrogen-bond acceptors (Lipinski definition) is 5. The average molecular weight is 344 g/mol. The van der Waals surface area contributed by atoms with Crippen LogP contribution in [0, 0.1) is 5.82 Å². The molecule has 2 fully saturated rings. The molecule has 1 saturated heterocycles. The van der Waals surface area contributed by atoms with Gasteiger partial charge in [-0.15, -0.1) is 0 Å². The highest BCUT2D eigenvalue weighted by Crippen LogP contribution is 2.38. The van der Waals surface area contributed by atoms with Crippen molar-refractivity contribution in [3.05, 3.63) is 47.4 Å². The van der Waals surface area contributed by atoms with Crippen LogP contribution in [0.3, 0.4) is 0 Å². The van der Waals surface area contributed by atoms with Gasteiger partial charge in [0.25, 0.3) is 0 Å². The first-order valence-electron chi connectivity index (χ1n) is 9.23. The fraction of sp³-hybridized carbons (Fsp3) is 0.579. The SMILES string of the molecule is C[C@@H](c1ccc(F)cc1)N1CCCN(Cc2noc(C3CC3)n2)CC1. The second kappa shape index (κ2) is 7.22. The summed E-state index contributed by atoms with van der Waals surface area (Å²) in [5.41, 5.74) is 1.17. The van der Waals surface area contributed by atoms with Gasteiger partial charge in [0.05, 0.1) is 6.54 Å². The third-order valence-electron chi connectivity index (χ3n) is 5.30. The highest BCUT2D eigenvalue weighted by atomic mass is 19.1. The van der Waals surface area contributed by atoms with E-state index in [9.17, 15) is 4.39 Å². The topological polar surface area (TPSA) is 45.4 Å². The van der Waals surface area contributed by atoms with Crippen molar-refractivity contribution in [3.63, 3.8) is 0 Å². The Balaban J connectivity index is 1.33. The van der Waals surface area contributed by atoms with Gasteiger partial charge in [0.1, 0.15) is 5.82 Å². The Morgan fingerprint density at radius 2 is 1.96 bits per heavy atom. The number of hydrogen-bond donors (Lipinski definition) is 0. The van der Waals surface area contributed by atoms with Crippen LogP contribution in [0.1, 0.15) is 55.4 Å². The Labute approximate surface area is 147 Å². The van der Waals surface area contributed by atoms with Crippen LogP contribution in [0.5, 0.6) is 0 Å². The number of aromatic nitrogens is 2. The molecule has 2 heterocycles. The summed E-state index contributed by atoms with van der Waals surface area (Å²) in [6.07, 6.45) is 3.47. The van der Waals surface area contributed by atoms with E-state index in [1.807, 2.05) is 12.1 Å². The molecule has 0 bridgehead atoms. The summed E-state index contributed by atoms with van der Waals surface area (Å²) in [7, 11) is 0. The monoisotopic (exact) mass is 344 g/mol. The Bertz CT molecular complexity index is 698. The summed E-state index contributed by atoms with van der Waals surface area (Å²) in [5, 5.41) is 4.14. The Hall–Kier alpha value is -1.79. The van der Waals surface area contributed by atoms with Gasteiger partial charge in [-0.25, -0.2) is 4.39 Å². The summed E-state index contributed by atoms with van der Waals surface area (Å²) in [6, 6.07) is 7.17. The Morgan fingerprint density at radius 1 is 1.16 bits per heavy atom. The molecule has 5 nitrogen and oxygen atoms in total. The summed E-state index contributed by atoms with van der Waals surface area (Å²) in [5.74, 6) is 1.96. The molecule has 6 heteroatoms. The van der Waals surface area contributed by atoms with Crippen molar-refractivity contribution < 1.29 is 8.91 Å². The van der Waals surface area contributed by atoms with Crippen molar-refractivity contribution >= 4 is 0 Å². The van der Waals surface area contributed by atoms with Crippen LogP contribution in [0.2, 0.25) is 0 Å². The van der Waals surface area contributed by atoms with Gasteiger partial charge in [0.2, 0.25) is 5.89 Å². The summed E-state index contributed by atoms with van der Waals surface area (Å²) >= 11 is 0. The number of rotatable bonds is 5. The molecule has 1 aromatic heterocycles. The lowest BCUT2D eigenvalue weighted by Gasteiger charge is -2.28. The predicted octanol–water partition coefficient (Wildman–Crippen LogP) is 3.36. The van der Waals surface area contributed by atoms with Gasteiger partial charge >= 0.3 is 0 Å². The zero-order valence-corrected chi connectivity index (χ0v) is 14.7. The van der Waals surface area contributed by atoms with Gasteiger partial charge in [-0.05, 0) is 50.4 Å². The van der Waals surface area contributed by atoms with E-state index in [-0.39, 0.29) is 5.82 Å². The van der Waals surface area contributed by atoms with E-state index in [4.69, 9.17) is 4.52 Å². The molecule has 134 valence electrons. The minimum absolute atomic E-state index is 0.177. The first-order valence-corrected chi connectivity index (χ1v) is 9.23. The molecule has 1 aliphatic heterocycles. The zero-order valence-electron chi connectivity index (χ0n) is 14.7. The molecule has 25 heavy (non-hydrogen) atoms. The first kappa shape index (κ1) is 16.7. The Morgan fingerprint density at radius 3 is 2.72 bits per heavy atom. The smallest absolute Gasteiger partial charge is 0.229 e. The number of nitrogens with zero attached hydrogens (tertiary/aromatic N) is 4. The standard InChI is InChI=1S/C19H25FN4O/c1-14(15-5-7-17(20)8-6-15)24-10-2-9-23(11-12-24)13-18-21-19(25-22-18)16-3-4-16/h5-8,14,16H,2-4,9-13H2,1H3/t14-/m0/s1. The van der Waals surface area contributed by atoms with E-state index in [1.165, 1.54) is 18.4 Å². The normalized spacial score (nSPS) is 21.2. The van der Waals surface area contributed by atoms with E-state index in [2.05, 4.69) is 26.9 Å². The maximum Gasteiger partial charge on any atom is 0.229 e. The maximum absolute atomic E-state index is 13.1. The molecule has 1 saturated carbocycles. The molecular weight excluding hydrogens is 319 g/mol. The molecule has 0 radical (unpaired) electrons. The van der Waals surface area contributed by atoms with Crippen LogP contribution < -0.4 is 0 Å². The van der Waals surface area contributed by atoms with Gasteiger partial charge in [0.15, 0.2) is 5.82 Å². The van der Waals surface area contributed by atoms with Gasteiger partial charge < -0.3 is 4.52 Å². The van der Waals surface area contributed by atoms with Crippen LogP contribution in [-0.4, -0.2) is 46.1 Å². The van der Waals surface area contributed by atoms with E-state index < -0.39 is 0 Å². The quantitative estimate of drug-likeness (QED) is 0.832.